The molecule has 0 saturated carbocycles. The largest absolute Gasteiger partial charge is 0.388 e. The third kappa shape index (κ3) is 1.42. The second kappa shape index (κ2) is 3.72. The molecule has 2 aromatic heterocycles. The van der Waals surface area contributed by atoms with Crippen LogP contribution in [0, 0.1) is 0 Å². The first kappa shape index (κ1) is 9.54. The first-order chi connectivity index (χ1) is 7.86. The van der Waals surface area contributed by atoms with Gasteiger partial charge in [0.1, 0.15) is 0 Å². The molecule has 2 aromatic rings. The van der Waals surface area contributed by atoms with Crippen LogP contribution in [0.3, 0.4) is 0 Å². The highest BCUT2D eigenvalue weighted by Crippen LogP contribution is 2.31. The first-order valence-corrected chi connectivity index (χ1v) is 5.52. The molecule has 0 radical (unpaired) electrons. The third-order valence-electron chi connectivity index (χ3n) is 3.08. The molecule has 82 valence electrons. The monoisotopic (exact) mass is 215 g/mol. The minimum Gasteiger partial charge on any atom is -0.388 e. The molecule has 4 heteroatoms. The minimum atomic E-state index is -0.318. The fraction of sp³-hybridized carbons (Fsp3) is 0.333. The molecule has 0 saturated heterocycles. The molecular formula is C12H13N3O. The summed E-state index contributed by atoms with van der Waals surface area (Å²) in [6, 6.07) is 5.77. The maximum Gasteiger partial charge on any atom is 0.159 e. The Balaban J connectivity index is 2.10. The minimum absolute atomic E-state index is 0.318. The van der Waals surface area contributed by atoms with E-state index in [4.69, 9.17) is 0 Å². The number of aliphatic hydroxyl groups is 1. The maximum absolute atomic E-state index is 9.87. The molecular weight excluding hydrogens is 202 g/mol. The van der Waals surface area contributed by atoms with E-state index in [0.29, 0.717) is 0 Å². The summed E-state index contributed by atoms with van der Waals surface area (Å²) in [7, 11) is 0. The van der Waals surface area contributed by atoms with Gasteiger partial charge in [-0.2, -0.15) is 5.10 Å². The lowest BCUT2D eigenvalue weighted by atomic mass is 9.95. The van der Waals surface area contributed by atoms with Crippen LogP contribution in [0.5, 0.6) is 0 Å². The van der Waals surface area contributed by atoms with Crippen LogP contribution in [0.4, 0.5) is 0 Å². The zero-order valence-electron chi connectivity index (χ0n) is 8.87. The average molecular weight is 215 g/mol. The Bertz CT molecular complexity index is 492. The second-order valence-electron chi connectivity index (χ2n) is 4.08. The van der Waals surface area contributed by atoms with Gasteiger partial charge in [-0.3, -0.25) is 0 Å². The van der Waals surface area contributed by atoms with Crippen LogP contribution < -0.4 is 0 Å². The Labute approximate surface area is 93.6 Å². The van der Waals surface area contributed by atoms with Crippen LogP contribution in [0.25, 0.3) is 5.82 Å². The molecule has 1 N–H and O–H groups in total. The summed E-state index contributed by atoms with van der Waals surface area (Å²) >= 11 is 0. The van der Waals surface area contributed by atoms with E-state index in [-0.39, 0.29) is 6.10 Å². The molecule has 0 spiro atoms. The molecule has 0 aliphatic heterocycles. The number of aliphatic hydroxyl groups excluding tert-OH is 1. The lowest BCUT2D eigenvalue weighted by Crippen LogP contribution is -2.11. The van der Waals surface area contributed by atoms with Crippen LogP contribution >= 0.6 is 0 Å². The summed E-state index contributed by atoms with van der Waals surface area (Å²) in [5.41, 5.74) is 2.20. The molecule has 1 unspecified atom stereocenters. The number of nitrogens with zero attached hydrogens (tertiary/aromatic N) is 3. The van der Waals surface area contributed by atoms with Crippen LogP contribution in [-0.2, 0) is 6.42 Å². The van der Waals surface area contributed by atoms with E-state index >= 15 is 0 Å². The van der Waals surface area contributed by atoms with Crippen LogP contribution in [-0.4, -0.2) is 19.9 Å². The van der Waals surface area contributed by atoms with E-state index in [1.54, 1.807) is 6.20 Å². The number of rotatable bonds is 1. The van der Waals surface area contributed by atoms with Crippen molar-refractivity contribution in [1.29, 1.82) is 0 Å². The van der Waals surface area contributed by atoms with Gasteiger partial charge in [-0.15, -0.1) is 5.10 Å². The highest BCUT2D eigenvalue weighted by Gasteiger charge is 2.21. The van der Waals surface area contributed by atoms with Crippen LogP contribution in [0.1, 0.15) is 30.2 Å². The molecule has 16 heavy (non-hydrogen) atoms. The molecule has 1 atom stereocenters. The van der Waals surface area contributed by atoms with Gasteiger partial charge in [0.15, 0.2) is 5.82 Å². The van der Waals surface area contributed by atoms with Gasteiger partial charge in [0.25, 0.3) is 0 Å². The number of fused-ring (bicyclic) bond motifs is 1. The average Bonchev–Trinajstić information content (AvgIpc) is 2.75. The molecule has 3 rings (SSSR count). The highest BCUT2D eigenvalue weighted by molar-refractivity contribution is 5.34. The normalized spacial score (nSPS) is 19.4. The molecule has 0 amide bonds. The summed E-state index contributed by atoms with van der Waals surface area (Å²) in [5, 5.41) is 17.8. The summed E-state index contributed by atoms with van der Waals surface area (Å²) < 4.78 is 2.02. The van der Waals surface area contributed by atoms with Crippen molar-refractivity contribution in [3.63, 3.8) is 0 Å². The molecule has 2 heterocycles. The van der Waals surface area contributed by atoms with Crippen molar-refractivity contribution >= 4 is 0 Å². The van der Waals surface area contributed by atoms with Gasteiger partial charge in [-0.25, -0.2) is 0 Å². The number of hydrogen-bond donors (Lipinski definition) is 1. The van der Waals surface area contributed by atoms with Gasteiger partial charge in [0, 0.05) is 23.7 Å². The predicted octanol–water partition coefficient (Wildman–Crippen LogP) is 1.64. The van der Waals surface area contributed by atoms with Crippen molar-refractivity contribution < 1.29 is 5.11 Å². The van der Waals surface area contributed by atoms with E-state index in [9.17, 15) is 5.11 Å². The fourth-order valence-electron chi connectivity index (χ4n) is 2.30. The van der Waals surface area contributed by atoms with Gasteiger partial charge < -0.3 is 9.67 Å². The Kier molecular flexibility index (Phi) is 2.22. The third-order valence-corrected chi connectivity index (χ3v) is 3.08. The number of hydrogen-bond acceptors (Lipinski definition) is 3. The zero-order chi connectivity index (χ0) is 11.0. The first-order valence-electron chi connectivity index (χ1n) is 5.52. The van der Waals surface area contributed by atoms with Crippen molar-refractivity contribution in [2.75, 3.05) is 0 Å². The summed E-state index contributed by atoms with van der Waals surface area (Å²) in [6.07, 6.45) is 6.19. The lowest BCUT2D eigenvalue weighted by molar-refractivity contribution is 0.156. The quantitative estimate of drug-likeness (QED) is 0.786. The molecule has 0 fully saturated rings. The fourth-order valence-corrected chi connectivity index (χ4v) is 2.30. The maximum atomic E-state index is 9.87. The van der Waals surface area contributed by atoms with Crippen molar-refractivity contribution in [3.8, 4) is 5.82 Å². The molecule has 4 nitrogen and oxygen atoms in total. The lowest BCUT2D eigenvalue weighted by Gasteiger charge is -2.19. The Morgan fingerprint density at radius 1 is 1.38 bits per heavy atom. The predicted molar refractivity (Wildman–Crippen MR) is 59.3 cm³/mol. The van der Waals surface area contributed by atoms with E-state index < -0.39 is 0 Å². The SMILES string of the molecule is OC1CCCc2c1ccn2-c1cccnn1. The summed E-state index contributed by atoms with van der Waals surface area (Å²) in [4.78, 5) is 0. The van der Waals surface area contributed by atoms with Crippen molar-refractivity contribution in [2.24, 2.45) is 0 Å². The molecule has 0 bridgehead atoms. The Hall–Kier alpha value is -1.68. The zero-order valence-corrected chi connectivity index (χ0v) is 8.87. The van der Waals surface area contributed by atoms with Crippen molar-refractivity contribution in [2.45, 2.75) is 25.4 Å². The highest BCUT2D eigenvalue weighted by atomic mass is 16.3. The number of aromatic nitrogens is 3. The molecule has 0 aromatic carbocycles. The Morgan fingerprint density at radius 2 is 2.31 bits per heavy atom. The van der Waals surface area contributed by atoms with Crippen LogP contribution in [0.15, 0.2) is 30.6 Å². The summed E-state index contributed by atoms with van der Waals surface area (Å²) in [5.74, 6) is 0.817. The van der Waals surface area contributed by atoms with Gasteiger partial charge >= 0.3 is 0 Å². The van der Waals surface area contributed by atoms with Crippen LogP contribution in [0.2, 0.25) is 0 Å². The van der Waals surface area contributed by atoms with Gasteiger partial charge in [0.05, 0.1) is 6.10 Å². The summed E-state index contributed by atoms with van der Waals surface area (Å²) in [6.45, 7) is 0. The topological polar surface area (TPSA) is 50.9 Å². The standard InChI is InChI=1S/C12H13N3O/c16-11-4-1-3-10-9(11)6-8-15(10)12-5-2-7-13-14-12/h2,5-8,11,16H,1,3-4H2. The van der Waals surface area contributed by atoms with Crippen molar-refractivity contribution in [3.05, 3.63) is 41.9 Å². The molecule has 1 aliphatic carbocycles. The van der Waals surface area contributed by atoms with E-state index in [1.807, 2.05) is 29.0 Å². The smallest absolute Gasteiger partial charge is 0.159 e. The Morgan fingerprint density at radius 3 is 3.12 bits per heavy atom. The van der Waals surface area contributed by atoms with Crippen molar-refractivity contribution in [1.82, 2.24) is 14.8 Å². The second-order valence-corrected chi connectivity index (χ2v) is 4.08. The van der Waals surface area contributed by atoms with E-state index in [2.05, 4.69) is 10.2 Å². The van der Waals surface area contributed by atoms with E-state index in [1.165, 1.54) is 5.69 Å². The molecule has 1 aliphatic rings. The van der Waals surface area contributed by atoms with Gasteiger partial charge in [-0.05, 0) is 37.5 Å². The van der Waals surface area contributed by atoms with Gasteiger partial charge in [0.2, 0.25) is 0 Å². The van der Waals surface area contributed by atoms with E-state index in [0.717, 1.165) is 30.6 Å². The van der Waals surface area contributed by atoms with Gasteiger partial charge in [-0.1, -0.05) is 0 Å².